The molecule has 1 N–H and O–H groups in total. The molecule has 1 heterocycles. The smallest absolute Gasteiger partial charge is 0.303 e. The molecule has 0 aromatic heterocycles. The van der Waals surface area contributed by atoms with Crippen LogP contribution in [-0.4, -0.2) is 59.2 Å². The first-order chi connectivity index (χ1) is 11.1. The van der Waals surface area contributed by atoms with Crippen LogP contribution in [-0.2, 0) is 33.3 Å². The zero-order valence-electron chi connectivity index (χ0n) is 13.0. The Balaban J connectivity index is 3.24. The summed E-state index contributed by atoms with van der Waals surface area (Å²) in [4.78, 5) is 36.1. The summed E-state index contributed by atoms with van der Waals surface area (Å²) in [6.45, 7) is 2.81. The van der Waals surface area contributed by atoms with E-state index in [4.69, 9.17) is 36.1 Å². The highest BCUT2D eigenvalue weighted by molar-refractivity contribution is 6.22. The van der Waals surface area contributed by atoms with Gasteiger partial charge < -0.3 is 24.1 Å². The van der Waals surface area contributed by atoms with E-state index in [2.05, 4.69) is 10.0 Å². The van der Waals surface area contributed by atoms with Gasteiger partial charge in [0.15, 0.2) is 12.2 Å². The topological polar surface area (TPSA) is 157 Å². The van der Waals surface area contributed by atoms with Crippen molar-refractivity contribution in [2.24, 2.45) is 5.11 Å². The maximum Gasteiger partial charge on any atom is 0.303 e. The SMILES string of the molecule is CC(=O)OC[C@H]1O[C@@](O)(Cl)[C@H](N=[N+]=[N-])[C@@H](OC(C)=O)[C@H]1OC(C)=O. The fourth-order valence-electron chi connectivity index (χ4n) is 2.12. The number of carbonyl (C=O) groups is 3. The van der Waals surface area contributed by atoms with Gasteiger partial charge in [-0.25, -0.2) is 0 Å². The number of aliphatic hydroxyl groups is 1. The Bertz CT molecular complexity index is 563. The van der Waals surface area contributed by atoms with Crippen LogP contribution in [0.2, 0.25) is 0 Å². The van der Waals surface area contributed by atoms with E-state index in [0.29, 0.717) is 0 Å². The van der Waals surface area contributed by atoms with Crippen LogP contribution in [0.5, 0.6) is 0 Å². The minimum absolute atomic E-state index is 0.455. The third kappa shape index (κ3) is 5.24. The van der Waals surface area contributed by atoms with Crippen molar-refractivity contribution >= 4 is 29.5 Å². The van der Waals surface area contributed by atoms with Crippen molar-refractivity contribution in [2.75, 3.05) is 6.61 Å². The number of azide groups is 1. The lowest BCUT2D eigenvalue weighted by Gasteiger charge is -2.45. The quantitative estimate of drug-likeness (QED) is 0.183. The van der Waals surface area contributed by atoms with Gasteiger partial charge >= 0.3 is 17.9 Å². The Morgan fingerprint density at radius 1 is 1.21 bits per heavy atom. The van der Waals surface area contributed by atoms with E-state index in [1.165, 1.54) is 0 Å². The lowest BCUT2D eigenvalue weighted by atomic mass is 9.96. The average molecular weight is 366 g/mol. The van der Waals surface area contributed by atoms with Gasteiger partial charge in [-0.1, -0.05) is 16.7 Å². The van der Waals surface area contributed by atoms with Crippen LogP contribution < -0.4 is 0 Å². The summed E-state index contributed by atoms with van der Waals surface area (Å²) < 4.78 is 19.9. The molecule has 0 saturated carbocycles. The predicted octanol–water partition coefficient (Wildman–Crippen LogP) is 0.375. The highest BCUT2D eigenvalue weighted by atomic mass is 35.5. The van der Waals surface area contributed by atoms with E-state index in [0.717, 1.165) is 20.8 Å². The summed E-state index contributed by atoms with van der Waals surface area (Å²) in [5, 5.41) is 10.8. The summed E-state index contributed by atoms with van der Waals surface area (Å²) in [6.07, 6.45) is -4.06. The van der Waals surface area contributed by atoms with Crippen LogP contribution >= 0.6 is 11.6 Å². The molecule has 11 nitrogen and oxygen atoms in total. The van der Waals surface area contributed by atoms with Gasteiger partial charge in [-0.15, -0.1) is 0 Å². The van der Waals surface area contributed by atoms with E-state index in [-0.39, 0.29) is 0 Å². The number of esters is 3. The Kier molecular flexibility index (Phi) is 6.79. The molecule has 24 heavy (non-hydrogen) atoms. The maximum absolute atomic E-state index is 11.3. The van der Waals surface area contributed by atoms with Crippen molar-refractivity contribution in [1.82, 2.24) is 0 Å². The number of carbonyl (C=O) groups excluding carboxylic acids is 3. The molecule has 0 aromatic carbocycles. The van der Waals surface area contributed by atoms with Gasteiger partial charge in [0.1, 0.15) is 18.8 Å². The molecular formula is C12H16ClN3O8. The molecule has 0 unspecified atom stereocenters. The van der Waals surface area contributed by atoms with Gasteiger partial charge in [0.05, 0.1) is 0 Å². The predicted molar refractivity (Wildman–Crippen MR) is 76.4 cm³/mol. The first-order valence-corrected chi connectivity index (χ1v) is 7.07. The van der Waals surface area contributed by atoms with E-state index >= 15 is 0 Å². The zero-order valence-corrected chi connectivity index (χ0v) is 13.8. The lowest BCUT2D eigenvalue weighted by Crippen LogP contribution is -2.64. The molecule has 1 fully saturated rings. The summed E-state index contributed by atoms with van der Waals surface area (Å²) in [7, 11) is 0. The van der Waals surface area contributed by atoms with Gasteiger partial charge in [0.2, 0.25) is 0 Å². The minimum atomic E-state index is -2.58. The number of ether oxygens (including phenoxy) is 4. The lowest BCUT2D eigenvalue weighted by molar-refractivity contribution is -0.280. The number of hydrogen-bond acceptors (Lipinski definition) is 9. The standard InChI is InChI=1S/C12H16ClN3O8/c1-5(17)21-4-8-9(22-6(2)18)10(23-7(3)19)11(15-16-14)12(13,20)24-8/h8-11,20H,4H2,1-3H3/t8-,9+,10+,11-,12-/m1/s1. The molecule has 0 spiro atoms. The van der Waals surface area contributed by atoms with Crippen molar-refractivity contribution in [3.63, 3.8) is 0 Å². The molecular weight excluding hydrogens is 350 g/mol. The number of alkyl halides is 1. The number of hydrogen-bond donors (Lipinski definition) is 1. The molecule has 0 radical (unpaired) electrons. The van der Waals surface area contributed by atoms with Crippen molar-refractivity contribution in [1.29, 1.82) is 0 Å². The Hall–Kier alpha value is -2.07. The molecule has 5 atom stereocenters. The molecule has 0 aliphatic carbocycles. The molecule has 12 heteroatoms. The van der Waals surface area contributed by atoms with Crippen molar-refractivity contribution < 1.29 is 38.4 Å². The van der Waals surface area contributed by atoms with Crippen molar-refractivity contribution in [3.05, 3.63) is 10.4 Å². The van der Waals surface area contributed by atoms with Crippen molar-refractivity contribution in [2.45, 2.75) is 50.4 Å². The summed E-state index contributed by atoms with van der Waals surface area (Å²) in [5.41, 5.74) is 8.63. The van der Waals surface area contributed by atoms with Crippen LogP contribution in [0.25, 0.3) is 10.4 Å². The molecule has 134 valence electrons. The van der Waals surface area contributed by atoms with Gasteiger partial charge in [0, 0.05) is 25.7 Å². The minimum Gasteiger partial charge on any atom is -0.463 e. The Labute approximate surface area is 141 Å². The molecule has 0 aromatic rings. The summed E-state index contributed by atoms with van der Waals surface area (Å²) >= 11 is 5.80. The zero-order chi connectivity index (χ0) is 18.5. The van der Waals surface area contributed by atoms with Gasteiger partial charge in [-0.05, 0) is 5.53 Å². The molecule has 0 bridgehead atoms. The van der Waals surface area contributed by atoms with E-state index < -0.39 is 54.1 Å². The molecule has 1 aliphatic rings. The van der Waals surface area contributed by atoms with Gasteiger partial charge in [-0.3, -0.25) is 14.4 Å². The summed E-state index contributed by atoms with van der Waals surface area (Å²) in [5.74, 6) is -2.25. The van der Waals surface area contributed by atoms with Crippen LogP contribution in [0.4, 0.5) is 0 Å². The second kappa shape index (κ2) is 8.15. The number of halogens is 1. The molecule has 0 amide bonds. The first kappa shape index (κ1) is 20.0. The molecule has 1 aliphatic heterocycles. The monoisotopic (exact) mass is 365 g/mol. The van der Waals surface area contributed by atoms with Crippen LogP contribution in [0, 0.1) is 0 Å². The van der Waals surface area contributed by atoms with Gasteiger partial charge in [-0.2, -0.15) is 0 Å². The van der Waals surface area contributed by atoms with Gasteiger partial charge in [0.25, 0.3) is 5.25 Å². The van der Waals surface area contributed by atoms with E-state index in [1.54, 1.807) is 0 Å². The second-order valence-corrected chi connectivity index (χ2v) is 5.41. The van der Waals surface area contributed by atoms with E-state index in [1.807, 2.05) is 0 Å². The highest BCUT2D eigenvalue weighted by Crippen LogP contribution is 2.36. The maximum atomic E-state index is 11.3. The van der Waals surface area contributed by atoms with E-state index in [9.17, 15) is 19.5 Å². The molecule has 1 saturated heterocycles. The van der Waals surface area contributed by atoms with Crippen LogP contribution in [0.3, 0.4) is 0 Å². The normalized spacial score (nSPS) is 32.2. The Morgan fingerprint density at radius 2 is 1.75 bits per heavy atom. The molecule has 1 rings (SSSR count). The summed E-state index contributed by atoms with van der Waals surface area (Å²) in [6, 6.07) is -1.62. The fourth-order valence-corrected chi connectivity index (χ4v) is 2.40. The van der Waals surface area contributed by atoms with Crippen molar-refractivity contribution in [3.8, 4) is 0 Å². The van der Waals surface area contributed by atoms with Crippen LogP contribution in [0.15, 0.2) is 5.11 Å². The average Bonchev–Trinajstić information content (AvgIpc) is 2.43. The van der Waals surface area contributed by atoms with Crippen LogP contribution in [0.1, 0.15) is 20.8 Å². The highest BCUT2D eigenvalue weighted by Gasteiger charge is 2.56. The first-order valence-electron chi connectivity index (χ1n) is 6.69. The fraction of sp³-hybridized carbons (Fsp3) is 0.750. The third-order valence-corrected chi connectivity index (χ3v) is 3.23. The third-order valence-electron chi connectivity index (χ3n) is 2.91. The number of nitrogens with zero attached hydrogens (tertiary/aromatic N) is 3. The Morgan fingerprint density at radius 3 is 2.21 bits per heavy atom. The second-order valence-electron chi connectivity index (χ2n) is 4.87. The largest absolute Gasteiger partial charge is 0.463 e. The number of rotatable bonds is 5.